The van der Waals surface area contributed by atoms with Gasteiger partial charge in [0.05, 0.1) is 0 Å². The lowest BCUT2D eigenvalue weighted by molar-refractivity contribution is 1.09. The third-order valence-corrected chi connectivity index (χ3v) is 2.00. The minimum Gasteiger partial charge on any atom is -0.0683 e. The van der Waals surface area contributed by atoms with E-state index in [1.165, 1.54) is 6.42 Å². The topological polar surface area (TPSA) is 0 Å². The van der Waals surface area contributed by atoms with E-state index in [0.29, 0.717) is 0 Å². The first-order valence-electron chi connectivity index (χ1n) is 23.4. The number of rotatable bonds is 0. The van der Waals surface area contributed by atoms with Gasteiger partial charge in [0.15, 0.2) is 0 Å². The quantitative estimate of drug-likeness (QED) is 0.214. The van der Waals surface area contributed by atoms with Gasteiger partial charge in [0.2, 0.25) is 0 Å². The van der Waals surface area contributed by atoms with Crippen molar-refractivity contribution in [3.8, 4) is 0 Å². The lowest BCUT2D eigenvalue weighted by Crippen LogP contribution is -1.47. The van der Waals surface area contributed by atoms with Crippen molar-refractivity contribution < 1.29 is 0 Å². The van der Waals surface area contributed by atoms with E-state index in [0.717, 1.165) is 0 Å². The minimum atomic E-state index is 1.25. The Kier molecular flexibility index (Phi) is 881. The van der Waals surface area contributed by atoms with E-state index in [4.69, 9.17) is 0 Å². The molecule has 0 spiro atoms. The van der Waals surface area contributed by atoms with Crippen molar-refractivity contribution in [3.05, 3.63) is 109 Å². The van der Waals surface area contributed by atoms with E-state index in [1.54, 1.807) is 0 Å². The molecule has 0 heterocycles. The molecular weight excluding hydrogens is 637 g/mol. The van der Waals surface area contributed by atoms with Crippen LogP contribution in [0.3, 0.4) is 0 Å². The van der Waals surface area contributed by atoms with E-state index in [2.05, 4.69) is 13.8 Å². The molecule has 0 nitrogen and oxygen atoms in total. The maximum absolute atomic E-state index is 2.12. The molecule has 0 fully saturated rings. The monoisotopic (exact) mass is 759 g/mol. The summed E-state index contributed by atoms with van der Waals surface area (Å²) in [6.45, 7) is 68.2. The maximum Gasteiger partial charge on any atom is -0.0590 e. The fourth-order valence-electron chi connectivity index (χ4n) is 1.15. The van der Waals surface area contributed by atoms with E-state index in [-0.39, 0.29) is 0 Å². The molecule has 0 amide bonds. The van der Waals surface area contributed by atoms with Crippen LogP contribution in [0.5, 0.6) is 0 Å². The third kappa shape index (κ3) is 460. The van der Waals surface area contributed by atoms with Crippen molar-refractivity contribution in [3.63, 3.8) is 0 Å². The van der Waals surface area contributed by atoms with Crippen LogP contribution in [0, 0.1) is 0 Å². The highest BCUT2D eigenvalue weighted by molar-refractivity contribution is 5.00. The molecule has 3 aromatic rings. The van der Waals surface area contributed by atoms with Crippen LogP contribution in [0.4, 0.5) is 0 Å². The average Bonchev–Trinajstić information content (AvgIpc) is 3.36. The SMILES string of the molecule is CC.CC.CC.CC.CC.CC.CC.CC.CC.CC.CC.CC.CC.CC.CC.CC.CCC.c1ccccc1.c1ccccc1.c1ccccc1. The van der Waals surface area contributed by atoms with Crippen LogP contribution < -0.4 is 0 Å². The third-order valence-electron chi connectivity index (χ3n) is 2.00. The normalized spacial score (nSPS) is 4.87. The van der Waals surface area contributed by atoms with Gasteiger partial charge in [-0.1, -0.05) is 351 Å². The Hall–Kier alpha value is -2.34. The lowest BCUT2D eigenvalue weighted by Gasteiger charge is -1.69. The average molecular weight is 760 g/mol. The Labute approximate surface area is 349 Å². The number of benzene rings is 3. The summed E-state index contributed by atoms with van der Waals surface area (Å²) in [6, 6.07) is 36.0. The zero-order valence-corrected chi connectivity index (χ0v) is 45.1. The van der Waals surface area contributed by atoms with Gasteiger partial charge in [-0.25, -0.2) is 0 Å². The first-order valence-corrected chi connectivity index (χ1v) is 23.4. The Morgan fingerprint density at radius 3 is 0.170 bits per heavy atom. The van der Waals surface area contributed by atoms with Crippen LogP contribution in [0.15, 0.2) is 109 Å². The predicted molar refractivity (Wildman–Crippen MR) is 277 cm³/mol. The molecule has 0 saturated heterocycles. The van der Waals surface area contributed by atoms with Crippen molar-refractivity contribution in [2.45, 2.75) is 242 Å². The summed E-state index contributed by atoms with van der Waals surface area (Å²) < 4.78 is 0. The van der Waals surface area contributed by atoms with Crippen LogP contribution >= 0.6 is 0 Å². The van der Waals surface area contributed by atoms with Gasteiger partial charge in [-0.15, -0.1) is 0 Å². The lowest BCUT2D eigenvalue weighted by atomic mass is 10.4. The van der Waals surface area contributed by atoms with Gasteiger partial charge in [0.25, 0.3) is 0 Å². The van der Waals surface area contributed by atoms with Crippen LogP contribution in [-0.4, -0.2) is 0 Å². The molecule has 0 atom stereocenters. The first-order chi connectivity index (χ1) is 26.4. The molecule has 3 rings (SSSR count). The van der Waals surface area contributed by atoms with Gasteiger partial charge in [-0.3, -0.25) is 0 Å². The largest absolute Gasteiger partial charge is 0.0683 e. The summed E-state index contributed by atoms with van der Waals surface area (Å²) in [5, 5.41) is 0. The highest BCUT2D eigenvalue weighted by Gasteiger charge is 1.59. The van der Waals surface area contributed by atoms with Gasteiger partial charge in [0, 0.05) is 0 Å². The molecule has 0 heteroatoms. The van der Waals surface area contributed by atoms with Gasteiger partial charge in [-0.05, 0) is 0 Å². The second-order valence-electron chi connectivity index (χ2n) is 4.17. The van der Waals surface area contributed by atoms with Crippen LogP contribution in [0.2, 0.25) is 0 Å². The maximum atomic E-state index is 2.12. The molecule has 0 saturated carbocycles. The summed E-state index contributed by atoms with van der Waals surface area (Å²) >= 11 is 0. The zero-order valence-electron chi connectivity index (χ0n) is 45.1. The fraction of sp³-hybridized carbons (Fsp3) is 0.660. The summed E-state index contributed by atoms with van der Waals surface area (Å²) in [4.78, 5) is 0. The Morgan fingerprint density at radius 2 is 0.151 bits per heavy atom. The molecule has 334 valence electrons. The van der Waals surface area contributed by atoms with Crippen LogP contribution in [0.1, 0.15) is 242 Å². The molecule has 0 N–H and O–H groups in total. The molecule has 0 bridgehead atoms. The standard InChI is InChI=1S/3C6H6.C3H8.16C2H6/c3*1-2-4-6-5-3-1;1-3-2;16*1-2/h3*1-6H;3H2,1-2H3;16*1-2H3. The van der Waals surface area contributed by atoms with E-state index < -0.39 is 0 Å². The highest BCUT2D eigenvalue weighted by atomic mass is 13.7. The molecule has 53 heavy (non-hydrogen) atoms. The molecule has 0 aliphatic heterocycles. The summed E-state index contributed by atoms with van der Waals surface area (Å²) in [6.07, 6.45) is 1.25. The predicted octanol–water partition coefficient (Wildman–Crippen LogP) is 22.9. The second kappa shape index (κ2) is 424. The Morgan fingerprint density at radius 1 is 0.132 bits per heavy atom. The van der Waals surface area contributed by atoms with Crippen molar-refractivity contribution in [2.24, 2.45) is 0 Å². The zero-order chi connectivity index (χ0) is 47.4. The number of hydrogen-bond acceptors (Lipinski definition) is 0. The Balaban J connectivity index is -0.0000000177. The van der Waals surface area contributed by atoms with E-state index in [1.807, 2.05) is 331 Å². The highest BCUT2D eigenvalue weighted by Crippen LogP contribution is 1.81. The van der Waals surface area contributed by atoms with Crippen molar-refractivity contribution in [1.82, 2.24) is 0 Å². The minimum absolute atomic E-state index is 1.25. The van der Waals surface area contributed by atoms with Crippen molar-refractivity contribution >= 4 is 0 Å². The van der Waals surface area contributed by atoms with Gasteiger partial charge < -0.3 is 0 Å². The van der Waals surface area contributed by atoms with Crippen molar-refractivity contribution in [2.75, 3.05) is 0 Å². The summed E-state index contributed by atoms with van der Waals surface area (Å²) in [5.74, 6) is 0. The Bertz CT molecular complexity index is 305. The molecular formula is C53H122. The summed E-state index contributed by atoms with van der Waals surface area (Å²) in [5.41, 5.74) is 0. The molecule has 0 aliphatic rings. The van der Waals surface area contributed by atoms with E-state index in [9.17, 15) is 0 Å². The fourth-order valence-corrected chi connectivity index (χ4v) is 1.15. The summed E-state index contributed by atoms with van der Waals surface area (Å²) in [7, 11) is 0. The molecule has 0 radical (unpaired) electrons. The van der Waals surface area contributed by atoms with Crippen LogP contribution in [0.25, 0.3) is 0 Å². The first kappa shape index (κ1) is 110. The smallest absolute Gasteiger partial charge is 0.0590 e. The van der Waals surface area contributed by atoms with E-state index >= 15 is 0 Å². The van der Waals surface area contributed by atoms with Crippen molar-refractivity contribution in [1.29, 1.82) is 0 Å². The molecule has 3 aromatic carbocycles. The van der Waals surface area contributed by atoms with Crippen LogP contribution in [-0.2, 0) is 0 Å². The van der Waals surface area contributed by atoms with Gasteiger partial charge in [-0.2, -0.15) is 0 Å². The number of hydrogen-bond donors (Lipinski definition) is 0. The second-order valence-corrected chi connectivity index (χ2v) is 4.17. The molecule has 0 aliphatic carbocycles. The molecule has 0 aromatic heterocycles. The van der Waals surface area contributed by atoms with Gasteiger partial charge >= 0.3 is 0 Å². The van der Waals surface area contributed by atoms with Gasteiger partial charge in [0.1, 0.15) is 0 Å². The molecule has 0 unspecified atom stereocenters.